The molecule has 2 aliphatic rings. The van der Waals surface area contributed by atoms with Crippen LogP contribution in [0, 0.1) is 6.92 Å². The zero-order valence-corrected chi connectivity index (χ0v) is 22.6. The van der Waals surface area contributed by atoms with Crippen LogP contribution in [0.5, 0.6) is 17.2 Å². The van der Waals surface area contributed by atoms with Crippen LogP contribution in [0.25, 0.3) is 11.5 Å². The Labute approximate surface area is 226 Å². The molecule has 0 aliphatic carbocycles. The first kappa shape index (κ1) is 25.9. The Balaban J connectivity index is 1.29. The van der Waals surface area contributed by atoms with Gasteiger partial charge in [0.25, 0.3) is 5.91 Å². The van der Waals surface area contributed by atoms with Crippen LogP contribution >= 0.6 is 11.6 Å². The predicted molar refractivity (Wildman–Crippen MR) is 143 cm³/mol. The van der Waals surface area contributed by atoms with Gasteiger partial charge in [-0.05, 0) is 63.1 Å². The summed E-state index contributed by atoms with van der Waals surface area (Å²) in [6, 6.07) is 10.9. The van der Waals surface area contributed by atoms with Crippen molar-refractivity contribution >= 4 is 17.5 Å². The standard InChI is InChI=1S/C28H31ClN4O5/c1-5-36-24-9-7-18(13-20(24)29)21-15-23-28(34)32(11-12-33(23)31-21)16-22-17(3)38-27(30-22)19-8-10-25(37-6-2)26(14-19)35-4/h7-14,21,23,31H,5-6,15-16H2,1-4H3. The molecule has 3 heterocycles. The summed E-state index contributed by atoms with van der Waals surface area (Å²) in [7, 11) is 1.60. The van der Waals surface area contributed by atoms with Gasteiger partial charge in [-0.1, -0.05) is 17.7 Å². The van der Waals surface area contributed by atoms with Crippen LogP contribution in [-0.2, 0) is 11.3 Å². The fourth-order valence-electron chi connectivity index (χ4n) is 4.73. The second-order valence-electron chi connectivity index (χ2n) is 9.05. The summed E-state index contributed by atoms with van der Waals surface area (Å²) in [6.45, 7) is 7.09. The van der Waals surface area contributed by atoms with E-state index in [0.717, 1.165) is 11.1 Å². The minimum atomic E-state index is -0.336. The summed E-state index contributed by atoms with van der Waals surface area (Å²) in [5, 5.41) is 2.42. The first-order chi connectivity index (χ1) is 18.4. The van der Waals surface area contributed by atoms with Crippen LogP contribution in [0.1, 0.15) is 43.3 Å². The molecule has 2 atom stereocenters. The topological polar surface area (TPSA) is 89.3 Å². The number of benzene rings is 2. The molecular formula is C28H31ClN4O5. The molecule has 1 aromatic heterocycles. The number of ether oxygens (including phenoxy) is 3. The number of halogens is 1. The summed E-state index contributed by atoms with van der Waals surface area (Å²) < 4.78 is 22.6. The van der Waals surface area contributed by atoms with E-state index in [1.807, 2.05) is 68.4 Å². The number of aryl methyl sites for hydroxylation is 1. The summed E-state index contributed by atoms with van der Waals surface area (Å²) >= 11 is 6.40. The van der Waals surface area contributed by atoms with E-state index in [1.54, 1.807) is 18.2 Å². The maximum Gasteiger partial charge on any atom is 0.251 e. The van der Waals surface area contributed by atoms with Crippen LogP contribution in [-0.4, -0.2) is 47.2 Å². The number of aromatic nitrogens is 1. The molecule has 2 unspecified atom stereocenters. The van der Waals surface area contributed by atoms with Crippen molar-refractivity contribution in [2.24, 2.45) is 0 Å². The van der Waals surface area contributed by atoms with Gasteiger partial charge in [0.15, 0.2) is 11.5 Å². The third-order valence-corrected chi connectivity index (χ3v) is 6.95. The number of hydrogen-bond donors (Lipinski definition) is 1. The molecular weight excluding hydrogens is 508 g/mol. The van der Waals surface area contributed by atoms with Gasteiger partial charge in [0.1, 0.15) is 23.2 Å². The lowest BCUT2D eigenvalue weighted by atomic mass is 10.0. The molecule has 200 valence electrons. The van der Waals surface area contributed by atoms with Gasteiger partial charge < -0.3 is 28.5 Å². The largest absolute Gasteiger partial charge is 0.493 e. The van der Waals surface area contributed by atoms with Crippen molar-refractivity contribution in [3.05, 3.63) is 70.8 Å². The molecule has 1 N–H and O–H groups in total. The number of hydrazine groups is 1. The molecule has 1 amide bonds. The quantitative estimate of drug-likeness (QED) is 0.395. The van der Waals surface area contributed by atoms with Crippen LogP contribution in [0.15, 0.2) is 53.2 Å². The number of amides is 1. The first-order valence-corrected chi connectivity index (χ1v) is 13.0. The zero-order valence-electron chi connectivity index (χ0n) is 21.9. The Bertz CT molecular complexity index is 1360. The minimum absolute atomic E-state index is 0.00813. The van der Waals surface area contributed by atoms with Crippen molar-refractivity contribution < 1.29 is 23.4 Å². The lowest BCUT2D eigenvalue weighted by Crippen LogP contribution is -2.47. The zero-order chi connectivity index (χ0) is 26.8. The lowest BCUT2D eigenvalue weighted by molar-refractivity contribution is -0.135. The highest BCUT2D eigenvalue weighted by Crippen LogP contribution is 2.36. The van der Waals surface area contributed by atoms with Gasteiger partial charge in [0, 0.05) is 18.0 Å². The van der Waals surface area contributed by atoms with Crippen molar-refractivity contribution in [3.8, 4) is 28.7 Å². The Morgan fingerprint density at radius 2 is 1.84 bits per heavy atom. The van der Waals surface area contributed by atoms with Crippen molar-refractivity contribution in [3.63, 3.8) is 0 Å². The van der Waals surface area contributed by atoms with Crippen LogP contribution in [0.3, 0.4) is 0 Å². The number of rotatable bonds is 9. The highest BCUT2D eigenvalue weighted by atomic mass is 35.5. The normalized spacial score (nSPS) is 18.6. The van der Waals surface area contributed by atoms with Crippen molar-refractivity contribution in [1.29, 1.82) is 0 Å². The Morgan fingerprint density at radius 3 is 2.58 bits per heavy atom. The van der Waals surface area contributed by atoms with Crippen LogP contribution < -0.4 is 19.6 Å². The maximum atomic E-state index is 13.4. The van der Waals surface area contributed by atoms with Crippen molar-refractivity contribution in [2.45, 2.75) is 45.8 Å². The van der Waals surface area contributed by atoms with Crippen LogP contribution in [0.4, 0.5) is 0 Å². The number of nitrogens with one attached hydrogen (secondary N) is 1. The van der Waals surface area contributed by atoms with E-state index in [4.69, 9.17) is 35.2 Å². The highest BCUT2D eigenvalue weighted by molar-refractivity contribution is 6.32. The molecule has 1 saturated heterocycles. The van der Waals surface area contributed by atoms with Gasteiger partial charge in [-0.15, -0.1) is 0 Å². The number of fused-ring (bicyclic) bond motifs is 1. The predicted octanol–water partition coefficient (Wildman–Crippen LogP) is 5.24. The average Bonchev–Trinajstić information content (AvgIpc) is 3.51. The van der Waals surface area contributed by atoms with Crippen LogP contribution in [0.2, 0.25) is 5.02 Å². The van der Waals surface area contributed by atoms with E-state index in [2.05, 4.69) is 5.43 Å². The monoisotopic (exact) mass is 538 g/mol. The molecule has 0 saturated carbocycles. The van der Waals surface area contributed by atoms with E-state index in [1.165, 1.54) is 0 Å². The molecule has 10 heteroatoms. The minimum Gasteiger partial charge on any atom is -0.493 e. The van der Waals surface area contributed by atoms with E-state index < -0.39 is 0 Å². The third-order valence-electron chi connectivity index (χ3n) is 6.66. The van der Waals surface area contributed by atoms with E-state index in [-0.39, 0.29) is 18.0 Å². The molecule has 1 fully saturated rings. The number of hydrogen-bond acceptors (Lipinski definition) is 8. The van der Waals surface area contributed by atoms with Gasteiger partial charge in [-0.3, -0.25) is 4.79 Å². The fourth-order valence-corrected chi connectivity index (χ4v) is 4.97. The number of carbonyl (C=O) groups is 1. The first-order valence-electron chi connectivity index (χ1n) is 12.6. The summed E-state index contributed by atoms with van der Waals surface area (Å²) in [4.78, 5) is 19.8. The molecule has 0 radical (unpaired) electrons. The van der Waals surface area contributed by atoms with E-state index in [9.17, 15) is 4.79 Å². The summed E-state index contributed by atoms with van der Waals surface area (Å²) in [6.07, 6.45) is 4.27. The van der Waals surface area contributed by atoms with E-state index in [0.29, 0.717) is 65.8 Å². The highest BCUT2D eigenvalue weighted by Gasteiger charge is 2.40. The fraction of sp³-hybridized carbons (Fsp3) is 0.357. The molecule has 2 aliphatic heterocycles. The van der Waals surface area contributed by atoms with E-state index >= 15 is 0 Å². The van der Waals surface area contributed by atoms with Gasteiger partial charge in [-0.25, -0.2) is 10.4 Å². The number of nitrogens with zero attached hydrogens (tertiary/aromatic N) is 3. The number of carbonyl (C=O) groups excluding carboxylic acids is 1. The van der Waals surface area contributed by atoms with Gasteiger partial charge in [0.05, 0.1) is 37.9 Å². The number of oxazole rings is 1. The van der Waals surface area contributed by atoms with Gasteiger partial charge >= 0.3 is 0 Å². The second-order valence-corrected chi connectivity index (χ2v) is 9.46. The summed E-state index contributed by atoms with van der Waals surface area (Å²) in [5.74, 6) is 3.03. The Morgan fingerprint density at radius 1 is 1.08 bits per heavy atom. The molecule has 0 spiro atoms. The number of methoxy groups -OCH3 is 1. The van der Waals surface area contributed by atoms with Gasteiger partial charge in [-0.2, -0.15) is 0 Å². The maximum absolute atomic E-state index is 13.4. The molecule has 5 rings (SSSR count). The molecule has 38 heavy (non-hydrogen) atoms. The molecule has 9 nitrogen and oxygen atoms in total. The molecule has 0 bridgehead atoms. The van der Waals surface area contributed by atoms with Gasteiger partial charge in [0.2, 0.25) is 5.89 Å². The molecule has 2 aromatic carbocycles. The second kappa shape index (κ2) is 11.0. The van der Waals surface area contributed by atoms with Crippen molar-refractivity contribution in [2.75, 3.05) is 20.3 Å². The Hall–Kier alpha value is -3.69. The average molecular weight is 539 g/mol. The smallest absolute Gasteiger partial charge is 0.251 e. The SMILES string of the molecule is CCOc1ccc(C2CC3C(=O)N(Cc4nc(-c5ccc(OCC)c(OC)c5)oc4C)C=CN3N2)cc1Cl. The lowest BCUT2D eigenvalue weighted by Gasteiger charge is -2.31. The Kier molecular flexibility index (Phi) is 7.49. The molecule has 3 aromatic rings. The third kappa shape index (κ3) is 5.04. The summed E-state index contributed by atoms with van der Waals surface area (Å²) in [5.41, 5.74) is 5.87. The van der Waals surface area contributed by atoms with Crippen molar-refractivity contribution in [1.82, 2.24) is 20.3 Å².